The van der Waals surface area contributed by atoms with Crippen molar-refractivity contribution in [1.29, 1.82) is 0 Å². The van der Waals surface area contributed by atoms with Crippen LogP contribution in [0.25, 0.3) is 5.76 Å². The standard InChI is InChI=1S/C32H33NO5/c1-3-4-18-37-26-13-10-23(11-14-26)29-28(30(34)24-12-15-27-25(20-24)19-21(2)38-27)31(35)32(36)33(29)17-16-22-8-6-5-7-9-22/h5-15,20-21,29,34H,3-4,16-19H2,1-2H3/b30-28-. The van der Waals surface area contributed by atoms with Crippen molar-refractivity contribution in [2.45, 2.75) is 51.7 Å². The third-order valence-electron chi connectivity index (χ3n) is 7.16. The van der Waals surface area contributed by atoms with Crippen molar-refractivity contribution in [3.8, 4) is 11.5 Å². The van der Waals surface area contributed by atoms with Crippen LogP contribution in [-0.2, 0) is 22.4 Å². The van der Waals surface area contributed by atoms with Crippen LogP contribution in [0.5, 0.6) is 11.5 Å². The molecule has 0 aromatic heterocycles. The van der Waals surface area contributed by atoms with Crippen LogP contribution in [-0.4, -0.2) is 41.0 Å². The molecule has 3 aromatic carbocycles. The first-order valence-electron chi connectivity index (χ1n) is 13.3. The van der Waals surface area contributed by atoms with Crippen molar-refractivity contribution in [3.05, 3.63) is 101 Å². The lowest BCUT2D eigenvalue weighted by Gasteiger charge is -2.25. The van der Waals surface area contributed by atoms with Crippen LogP contribution < -0.4 is 9.47 Å². The van der Waals surface area contributed by atoms with E-state index in [2.05, 4.69) is 6.92 Å². The van der Waals surface area contributed by atoms with Crippen molar-refractivity contribution in [2.24, 2.45) is 0 Å². The van der Waals surface area contributed by atoms with Crippen LogP contribution in [0.4, 0.5) is 0 Å². The Kier molecular flexibility index (Phi) is 7.50. The number of ketones is 1. The SMILES string of the molecule is CCCCOc1ccc(C2/C(=C(/O)c3ccc4c(c3)CC(C)O4)C(=O)C(=O)N2CCc2ccccc2)cc1. The minimum atomic E-state index is -0.702. The second-order valence-electron chi connectivity index (χ2n) is 9.95. The lowest BCUT2D eigenvalue weighted by atomic mass is 9.94. The summed E-state index contributed by atoms with van der Waals surface area (Å²) < 4.78 is 11.6. The summed E-state index contributed by atoms with van der Waals surface area (Å²) in [7, 11) is 0. The third kappa shape index (κ3) is 5.17. The number of nitrogens with zero attached hydrogens (tertiary/aromatic N) is 1. The molecular weight excluding hydrogens is 478 g/mol. The number of unbranched alkanes of at least 4 members (excludes halogenated alkanes) is 1. The minimum absolute atomic E-state index is 0.0593. The third-order valence-corrected chi connectivity index (χ3v) is 7.16. The topological polar surface area (TPSA) is 76.1 Å². The Morgan fingerprint density at radius 1 is 1.05 bits per heavy atom. The minimum Gasteiger partial charge on any atom is -0.507 e. The fourth-order valence-corrected chi connectivity index (χ4v) is 5.16. The van der Waals surface area contributed by atoms with E-state index in [1.54, 1.807) is 11.0 Å². The molecule has 2 unspecified atom stereocenters. The van der Waals surface area contributed by atoms with E-state index in [4.69, 9.17) is 9.47 Å². The number of aliphatic hydroxyl groups is 1. The maximum absolute atomic E-state index is 13.4. The fourth-order valence-electron chi connectivity index (χ4n) is 5.16. The monoisotopic (exact) mass is 511 g/mol. The highest BCUT2D eigenvalue weighted by molar-refractivity contribution is 6.46. The lowest BCUT2D eigenvalue weighted by Crippen LogP contribution is -2.31. The molecule has 1 fully saturated rings. The summed E-state index contributed by atoms with van der Waals surface area (Å²) in [6, 6.07) is 22.0. The molecular formula is C32H33NO5. The van der Waals surface area contributed by atoms with Crippen LogP contribution in [0, 0.1) is 0 Å². The van der Waals surface area contributed by atoms with Gasteiger partial charge < -0.3 is 19.5 Å². The fraction of sp³-hybridized carbons (Fsp3) is 0.312. The van der Waals surface area contributed by atoms with Crippen molar-refractivity contribution in [3.63, 3.8) is 0 Å². The zero-order valence-electron chi connectivity index (χ0n) is 21.9. The van der Waals surface area contributed by atoms with Crippen LogP contribution in [0.2, 0.25) is 0 Å². The summed E-state index contributed by atoms with van der Waals surface area (Å²) in [6.07, 6.45) is 3.39. The highest BCUT2D eigenvalue weighted by Crippen LogP contribution is 2.41. The molecule has 1 saturated heterocycles. The van der Waals surface area contributed by atoms with Crippen molar-refractivity contribution >= 4 is 17.4 Å². The number of ether oxygens (including phenoxy) is 2. The Morgan fingerprint density at radius 2 is 1.82 bits per heavy atom. The Bertz CT molecular complexity index is 1350. The van der Waals surface area contributed by atoms with E-state index in [0.717, 1.165) is 47.5 Å². The number of Topliss-reactive ketones (excluding diaryl/α,β-unsaturated/α-hetero) is 1. The summed E-state index contributed by atoms with van der Waals surface area (Å²) in [5, 5.41) is 11.5. The molecule has 2 aliphatic rings. The van der Waals surface area contributed by atoms with Gasteiger partial charge in [0.2, 0.25) is 0 Å². The number of hydrogen-bond donors (Lipinski definition) is 1. The van der Waals surface area contributed by atoms with Gasteiger partial charge in [0.1, 0.15) is 23.4 Å². The van der Waals surface area contributed by atoms with Gasteiger partial charge in [-0.25, -0.2) is 0 Å². The van der Waals surface area contributed by atoms with E-state index < -0.39 is 17.7 Å². The molecule has 38 heavy (non-hydrogen) atoms. The summed E-state index contributed by atoms with van der Waals surface area (Å²) >= 11 is 0. The quantitative estimate of drug-likeness (QED) is 0.169. The molecule has 6 heteroatoms. The highest BCUT2D eigenvalue weighted by atomic mass is 16.5. The number of fused-ring (bicyclic) bond motifs is 1. The molecule has 1 N–H and O–H groups in total. The summed E-state index contributed by atoms with van der Waals surface area (Å²) in [6.45, 7) is 5.08. The van der Waals surface area contributed by atoms with Gasteiger partial charge in [0.25, 0.3) is 11.7 Å². The maximum atomic E-state index is 13.4. The maximum Gasteiger partial charge on any atom is 0.295 e. The predicted octanol–water partition coefficient (Wildman–Crippen LogP) is 5.85. The molecule has 0 aliphatic carbocycles. The number of likely N-dealkylation sites (tertiary alicyclic amines) is 1. The Labute approximate surface area is 223 Å². The van der Waals surface area contributed by atoms with Crippen LogP contribution in [0.3, 0.4) is 0 Å². The number of aliphatic hydroxyl groups excluding tert-OH is 1. The molecule has 2 atom stereocenters. The lowest BCUT2D eigenvalue weighted by molar-refractivity contribution is -0.139. The Morgan fingerprint density at radius 3 is 2.55 bits per heavy atom. The van der Waals surface area contributed by atoms with Gasteiger partial charge in [0.05, 0.1) is 18.2 Å². The molecule has 0 radical (unpaired) electrons. The van der Waals surface area contributed by atoms with E-state index in [1.165, 1.54) is 0 Å². The van der Waals surface area contributed by atoms with Crippen LogP contribution in [0.1, 0.15) is 55.0 Å². The second-order valence-corrected chi connectivity index (χ2v) is 9.95. The van der Waals surface area contributed by atoms with E-state index in [9.17, 15) is 14.7 Å². The predicted molar refractivity (Wildman–Crippen MR) is 146 cm³/mol. The molecule has 3 aromatic rings. The summed E-state index contributed by atoms with van der Waals surface area (Å²) in [5.41, 5.74) is 3.41. The zero-order chi connectivity index (χ0) is 26.6. The van der Waals surface area contributed by atoms with Crippen molar-refractivity contribution < 1.29 is 24.2 Å². The van der Waals surface area contributed by atoms with E-state index in [1.807, 2.05) is 73.7 Å². The molecule has 196 valence electrons. The van der Waals surface area contributed by atoms with Gasteiger partial charge in [0, 0.05) is 18.5 Å². The Balaban J connectivity index is 1.52. The van der Waals surface area contributed by atoms with Gasteiger partial charge in [-0.15, -0.1) is 0 Å². The largest absolute Gasteiger partial charge is 0.507 e. The van der Waals surface area contributed by atoms with E-state index >= 15 is 0 Å². The molecule has 5 rings (SSSR count). The number of amides is 1. The number of carbonyl (C=O) groups excluding carboxylic acids is 2. The van der Waals surface area contributed by atoms with Gasteiger partial charge in [0.15, 0.2) is 0 Å². The second kappa shape index (κ2) is 11.1. The number of benzene rings is 3. The first-order chi connectivity index (χ1) is 18.5. The molecule has 0 bridgehead atoms. The first kappa shape index (κ1) is 25.6. The van der Waals surface area contributed by atoms with Crippen LogP contribution >= 0.6 is 0 Å². The Hall–Kier alpha value is -4.06. The van der Waals surface area contributed by atoms with Crippen molar-refractivity contribution in [2.75, 3.05) is 13.2 Å². The van der Waals surface area contributed by atoms with E-state index in [-0.39, 0.29) is 17.4 Å². The average molecular weight is 512 g/mol. The van der Waals surface area contributed by atoms with Gasteiger partial charge >= 0.3 is 0 Å². The van der Waals surface area contributed by atoms with Crippen LogP contribution in [0.15, 0.2) is 78.4 Å². The van der Waals surface area contributed by atoms with Gasteiger partial charge in [-0.1, -0.05) is 55.8 Å². The van der Waals surface area contributed by atoms with E-state index in [0.29, 0.717) is 25.1 Å². The molecule has 0 saturated carbocycles. The zero-order valence-corrected chi connectivity index (χ0v) is 21.9. The number of carbonyl (C=O) groups is 2. The summed E-state index contributed by atoms with van der Waals surface area (Å²) in [5.74, 6) is 0.0766. The molecule has 6 nitrogen and oxygen atoms in total. The number of hydrogen-bond acceptors (Lipinski definition) is 5. The highest BCUT2D eigenvalue weighted by Gasteiger charge is 2.46. The van der Waals surface area contributed by atoms with Crippen molar-refractivity contribution in [1.82, 2.24) is 4.90 Å². The average Bonchev–Trinajstić information content (AvgIpc) is 3.43. The first-order valence-corrected chi connectivity index (χ1v) is 13.3. The molecule has 2 aliphatic heterocycles. The van der Waals surface area contributed by atoms with Gasteiger partial charge in [-0.3, -0.25) is 9.59 Å². The molecule has 1 amide bonds. The molecule has 0 spiro atoms. The van der Waals surface area contributed by atoms with Gasteiger partial charge in [-0.2, -0.15) is 0 Å². The van der Waals surface area contributed by atoms with Gasteiger partial charge in [-0.05, 0) is 66.8 Å². The number of rotatable bonds is 9. The molecule has 2 heterocycles. The normalized spacial score (nSPS) is 19.9. The smallest absolute Gasteiger partial charge is 0.295 e. The summed E-state index contributed by atoms with van der Waals surface area (Å²) in [4.78, 5) is 28.3.